The van der Waals surface area contributed by atoms with Crippen LogP contribution in [0.15, 0.2) is 94.1 Å². The SMILES string of the molecule is CC12CCC(O)CC13C=CC1(C(C(=O)c4ccc(F)c(F)c4)=C3)C2CCC2(C)C1CCC2(O)CN(Cc1ccccc1)S(=O)(=O)c1cccs1. The van der Waals surface area contributed by atoms with E-state index in [9.17, 15) is 32.2 Å². The average Bonchev–Trinajstić information content (AvgIpc) is 3.73. The number of aliphatic hydroxyl groups is 2. The van der Waals surface area contributed by atoms with E-state index in [-0.39, 0.29) is 45.9 Å². The lowest BCUT2D eigenvalue weighted by Gasteiger charge is -2.71. The molecular formula is C40H43F2NO5S2. The van der Waals surface area contributed by atoms with Crippen LogP contribution < -0.4 is 0 Å². The van der Waals surface area contributed by atoms with Crippen molar-refractivity contribution in [2.45, 2.75) is 81.3 Å². The highest BCUT2D eigenvalue weighted by atomic mass is 32.2. The van der Waals surface area contributed by atoms with Crippen LogP contribution in [0.25, 0.3) is 0 Å². The molecular weight excluding hydrogens is 677 g/mol. The van der Waals surface area contributed by atoms with Gasteiger partial charge in [-0.3, -0.25) is 4.79 Å². The number of hydrogen-bond donors (Lipinski definition) is 2. The fourth-order valence-electron chi connectivity index (χ4n) is 11.2. The lowest BCUT2D eigenvalue weighted by atomic mass is 9.32. The first-order valence-electron chi connectivity index (χ1n) is 17.6. The van der Waals surface area contributed by atoms with E-state index < -0.39 is 49.6 Å². The summed E-state index contributed by atoms with van der Waals surface area (Å²) in [5.74, 6) is -2.72. The largest absolute Gasteiger partial charge is 0.393 e. The van der Waals surface area contributed by atoms with E-state index in [1.54, 1.807) is 17.5 Å². The molecule has 6 nitrogen and oxygen atoms in total. The van der Waals surface area contributed by atoms with Gasteiger partial charge < -0.3 is 10.2 Å². The number of hydrogen-bond acceptors (Lipinski definition) is 6. The van der Waals surface area contributed by atoms with Crippen molar-refractivity contribution in [1.82, 2.24) is 4.31 Å². The maximum absolute atomic E-state index is 14.7. The molecule has 8 unspecified atom stereocenters. The molecule has 2 spiro atoms. The van der Waals surface area contributed by atoms with Crippen LogP contribution in [0.3, 0.4) is 0 Å². The summed E-state index contributed by atoms with van der Waals surface area (Å²) in [5, 5.41) is 25.6. The summed E-state index contributed by atoms with van der Waals surface area (Å²) in [4.78, 5) is 14.7. The Morgan fingerprint density at radius 2 is 1.64 bits per heavy atom. The summed E-state index contributed by atoms with van der Waals surface area (Å²) in [6, 6.07) is 16.0. The molecule has 0 amide bonds. The quantitative estimate of drug-likeness (QED) is 0.184. The van der Waals surface area contributed by atoms with Crippen molar-refractivity contribution in [2.24, 2.45) is 33.5 Å². The predicted octanol–water partition coefficient (Wildman–Crippen LogP) is 7.69. The highest BCUT2D eigenvalue weighted by Gasteiger charge is 2.74. The normalized spacial score (nSPS) is 37.3. The van der Waals surface area contributed by atoms with Crippen LogP contribution in [0.5, 0.6) is 0 Å². The van der Waals surface area contributed by atoms with Crippen LogP contribution in [0.4, 0.5) is 8.78 Å². The van der Waals surface area contributed by atoms with Gasteiger partial charge in [0, 0.05) is 40.5 Å². The molecule has 3 saturated carbocycles. The topological polar surface area (TPSA) is 94.9 Å². The predicted molar refractivity (Wildman–Crippen MR) is 188 cm³/mol. The van der Waals surface area contributed by atoms with Crippen molar-refractivity contribution >= 4 is 27.1 Å². The minimum atomic E-state index is -3.96. The molecule has 8 atom stereocenters. The van der Waals surface area contributed by atoms with Crippen molar-refractivity contribution in [2.75, 3.05) is 6.54 Å². The number of rotatable bonds is 8. The Morgan fingerprint density at radius 1 is 0.920 bits per heavy atom. The third-order valence-corrected chi connectivity index (χ3v) is 17.0. The molecule has 264 valence electrons. The average molecular weight is 720 g/mol. The van der Waals surface area contributed by atoms with Gasteiger partial charge in [-0.1, -0.05) is 68.5 Å². The van der Waals surface area contributed by atoms with E-state index in [4.69, 9.17) is 0 Å². The number of thiophene rings is 1. The van der Waals surface area contributed by atoms with E-state index in [1.807, 2.05) is 36.4 Å². The first kappa shape index (κ1) is 34.1. The van der Waals surface area contributed by atoms with Gasteiger partial charge in [-0.05, 0) is 97.4 Å². The Hall–Kier alpha value is -3.02. The fourth-order valence-corrected chi connectivity index (χ4v) is 13.9. The molecule has 3 aromatic rings. The summed E-state index contributed by atoms with van der Waals surface area (Å²) in [7, 11) is -3.96. The van der Waals surface area contributed by atoms with Gasteiger partial charge in [0.2, 0.25) is 0 Å². The second kappa shape index (κ2) is 11.5. The van der Waals surface area contributed by atoms with Crippen LogP contribution in [-0.4, -0.2) is 47.0 Å². The second-order valence-corrected chi connectivity index (χ2v) is 19.1. The number of benzene rings is 2. The summed E-state index contributed by atoms with van der Waals surface area (Å²) in [6.07, 6.45) is 9.95. The Balaban J connectivity index is 1.24. The summed E-state index contributed by atoms with van der Waals surface area (Å²) in [6.45, 7) is 4.32. The number of halogens is 2. The molecule has 0 saturated heterocycles. The van der Waals surface area contributed by atoms with E-state index in [2.05, 4.69) is 26.0 Å². The van der Waals surface area contributed by atoms with Gasteiger partial charge in [0.15, 0.2) is 17.4 Å². The van der Waals surface area contributed by atoms with Gasteiger partial charge in [0.1, 0.15) is 4.21 Å². The van der Waals surface area contributed by atoms with Gasteiger partial charge in [0.05, 0.1) is 11.7 Å². The van der Waals surface area contributed by atoms with Crippen molar-refractivity contribution in [1.29, 1.82) is 0 Å². The van der Waals surface area contributed by atoms with Crippen molar-refractivity contribution in [3.8, 4) is 0 Å². The second-order valence-electron chi connectivity index (χ2n) is 16.0. The van der Waals surface area contributed by atoms with E-state index >= 15 is 0 Å². The van der Waals surface area contributed by atoms with Crippen molar-refractivity contribution < 1.29 is 32.2 Å². The smallest absolute Gasteiger partial charge is 0.252 e. The molecule has 6 aliphatic rings. The highest BCUT2D eigenvalue weighted by Crippen LogP contribution is 2.78. The third-order valence-electron chi connectivity index (χ3n) is 13.9. The molecule has 10 heteroatoms. The van der Waals surface area contributed by atoms with Gasteiger partial charge in [-0.2, -0.15) is 4.31 Å². The van der Waals surface area contributed by atoms with Crippen LogP contribution >= 0.6 is 11.3 Å². The lowest BCUT2D eigenvalue weighted by molar-refractivity contribution is -0.173. The standard InChI is InChI=1S/C40H43F2NO5S2/c1-36-15-12-28(44)22-38(36)18-19-40(29(23-38)35(45)27-10-11-30(41)31(42)21-27)32(36)13-16-37(2)33(40)14-17-39(37,46)25-43(24-26-7-4-3-5-8-26)50(47,48)34-9-6-20-49-34/h3-11,18-21,23,28,32-33,44,46H,12-17,22,24-25H2,1-2H3. The molecule has 2 bridgehead atoms. The maximum Gasteiger partial charge on any atom is 0.252 e. The van der Waals surface area contributed by atoms with Crippen molar-refractivity contribution in [3.63, 3.8) is 0 Å². The number of aliphatic hydroxyl groups excluding tert-OH is 1. The van der Waals surface area contributed by atoms with Gasteiger partial charge in [0.25, 0.3) is 10.0 Å². The molecule has 2 aromatic carbocycles. The van der Waals surface area contributed by atoms with Crippen LogP contribution in [0, 0.1) is 45.1 Å². The number of Topliss-reactive ketones (excluding diaryl/α,β-unsaturated/α-hetero) is 1. The lowest BCUT2D eigenvalue weighted by Crippen LogP contribution is -2.67. The number of sulfonamides is 1. The molecule has 1 heterocycles. The molecule has 9 rings (SSSR count). The van der Waals surface area contributed by atoms with Crippen molar-refractivity contribution in [3.05, 3.63) is 113 Å². The number of fused-ring (bicyclic) bond motifs is 1. The number of carbonyl (C=O) groups is 1. The molecule has 50 heavy (non-hydrogen) atoms. The maximum atomic E-state index is 14.7. The van der Waals surface area contributed by atoms with E-state index in [0.717, 1.165) is 35.5 Å². The molecule has 6 aliphatic carbocycles. The zero-order chi connectivity index (χ0) is 35.3. The third kappa shape index (κ3) is 4.64. The Bertz CT molecular complexity index is 2020. The molecule has 3 fully saturated rings. The fraction of sp³-hybridized carbons (Fsp3) is 0.475. The summed E-state index contributed by atoms with van der Waals surface area (Å²) < 4.78 is 58.7. The number of carbonyl (C=O) groups excluding carboxylic acids is 1. The first-order valence-corrected chi connectivity index (χ1v) is 19.9. The minimum Gasteiger partial charge on any atom is -0.393 e. The van der Waals surface area contributed by atoms with Crippen LogP contribution in [0.1, 0.15) is 74.7 Å². The van der Waals surface area contributed by atoms with Gasteiger partial charge in [-0.25, -0.2) is 17.2 Å². The van der Waals surface area contributed by atoms with E-state index in [1.165, 1.54) is 10.4 Å². The van der Waals surface area contributed by atoms with Crippen LogP contribution in [-0.2, 0) is 16.6 Å². The Kier molecular flexibility index (Phi) is 7.83. The summed E-state index contributed by atoms with van der Waals surface area (Å²) >= 11 is 1.15. The number of allylic oxidation sites excluding steroid dienone is 4. The number of nitrogens with zero attached hydrogens (tertiary/aromatic N) is 1. The van der Waals surface area contributed by atoms with Crippen LogP contribution in [0.2, 0.25) is 0 Å². The minimum absolute atomic E-state index is 0.00237. The molecule has 0 aliphatic heterocycles. The Morgan fingerprint density at radius 3 is 2.36 bits per heavy atom. The van der Waals surface area contributed by atoms with Gasteiger partial charge >= 0.3 is 0 Å². The molecule has 2 N–H and O–H groups in total. The summed E-state index contributed by atoms with van der Waals surface area (Å²) in [5.41, 5.74) is -2.49. The Labute approximate surface area is 296 Å². The molecule has 1 aromatic heterocycles. The first-order chi connectivity index (χ1) is 23.7. The van der Waals surface area contributed by atoms with E-state index in [0.29, 0.717) is 44.1 Å². The zero-order valence-electron chi connectivity index (χ0n) is 28.3. The molecule has 0 radical (unpaired) electrons. The number of ketones is 1. The highest BCUT2D eigenvalue weighted by molar-refractivity contribution is 7.91. The van der Waals surface area contributed by atoms with Gasteiger partial charge in [-0.15, -0.1) is 11.3 Å². The zero-order valence-corrected chi connectivity index (χ0v) is 30.0. The monoisotopic (exact) mass is 719 g/mol.